The fourth-order valence-corrected chi connectivity index (χ4v) is 3.40. The molecule has 0 amide bonds. The van der Waals surface area contributed by atoms with Gasteiger partial charge in [-0.15, -0.1) is 23.1 Å². The molecular formula is C14H15NO2S2. The van der Waals surface area contributed by atoms with Crippen molar-refractivity contribution in [2.75, 3.05) is 13.2 Å². The van der Waals surface area contributed by atoms with E-state index in [0.717, 1.165) is 47.6 Å². The van der Waals surface area contributed by atoms with Gasteiger partial charge in [0, 0.05) is 22.4 Å². The number of thiazole rings is 1. The molecule has 0 atom stereocenters. The molecule has 2 heterocycles. The number of aromatic nitrogens is 1. The number of hydrogen-bond acceptors (Lipinski definition) is 5. The van der Waals surface area contributed by atoms with Gasteiger partial charge in [-0.05, 0) is 25.1 Å². The highest BCUT2D eigenvalue weighted by molar-refractivity contribution is 7.98. The molecule has 0 unspecified atom stereocenters. The molecule has 1 aromatic carbocycles. The molecule has 3 rings (SSSR count). The summed E-state index contributed by atoms with van der Waals surface area (Å²) in [6, 6.07) is 6.14. The number of aryl methyl sites for hydroxylation is 1. The fourth-order valence-electron chi connectivity index (χ4n) is 1.87. The Kier molecular flexibility index (Phi) is 3.94. The normalized spacial score (nSPS) is 14.2. The van der Waals surface area contributed by atoms with Gasteiger partial charge < -0.3 is 9.47 Å². The number of ether oxygens (including phenoxy) is 2. The Balaban J connectivity index is 1.69. The summed E-state index contributed by atoms with van der Waals surface area (Å²) < 4.78 is 11.3. The highest BCUT2D eigenvalue weighted by atomic mass is 32.2. The van der Waals surface area contributed by atoms with Gasteiger partial charge >= 0.3 is 0 Å². The SMILES string of the molecule is Cc1nc(CSc2ccc3c(c2)OCCCO3)cs1. The van der Waals surface area contributed by atoms with Crippen LogP contribution in [-0.4, -0.2) is 18.2 Å². The van der Waals surface area contributed by atoms with Crippen molar-refractivity contribution in [2.45, 2.75) is 24.0 Å². The lowest BCUT2D eigenvalue weighted by Crippen LogP contribution is -1.97. The van der Waals surface area contributed by atoms with Gasteiger partial charge in [-0.1, -0.05) is 0 Å². The summed E-state index contributed by atoms with van der Waals surface area (Å²) in [6.07, 6.45) is 0.940. The van der Waals surface area contributed by atoms with Crippen molar-refractivity contribution < 1.29 is 9.47 Å². The van der Waals surface area contributed by atoms with Crippen molar-refractivity contribution in [2.24, 2.45) is 0 Å². The molecule has 1 aliphatic heterocycles. The number of rotatable bonds is 3. The second-order valence-electron chi connectivity index (χ2n) is 4.31. The maximum absolute atomic E-state index is 5.69. The van der Waals surface area contributed by atoms with Gasteiger partial charge in [0.25, 0.3) is 0 Å². The number of hydrogen-bond donors (Lipinski definition) is 0. The number of fused-ring (bicyclic) bond motifs is 1. The van der Waals surface area contributed by atoms with Crippen LogP contribution >= 0.6 is 23.1 Å². The minimum atomic E-state index is 0.729. The Morgan fingerprint density at radius 3 is 2.89 bits per heavy atom. The van der Waals surface area contributed by atoms with E-state index in [1.807, 2.05) is 13.0 Å². The van der Waals surface area contributed by atoms with E-state index < -0.39 is 0 Å². The monoisotopic (exact) mass is 293 g/mol. The second kappa shape index (κ2) is 5.84. The van der Waals surface area contributed by atoms with Crippen LogP contribution in [0.5, 0.6) is 11.5 Å². The van der Waals surface area contributed by atoms with Crippen molar-refractivity contribution in [3.05, 3.63) is 34.3 Å². The first kappa shape index (κ1) is 12.8. The maximum atomic E-state index is 5.69. The van der Waals surface area contributed by atoms with Crippen LogP contribution in [-0.2, 0) is 5.75 Å². The molecule has 0 N–H and O–H groups in total. The highest BCUT2D eigenvalue weighted by Crippen LogP contribution is 2.34. The topological polar surface area (TPSA) is 31.4 Å². The third kappa shape index (κ3) is 3.22. The predicted molar refractivity (Wildman–Crippen MR) is 78.5 cm³/mol. The molecular weight excluding hydrogens is 278 g/mol. The quantitative estimate of drug-likeness (QED) is 0.803. The molecule has 1 aromatic heterocycles. The smallest absolute Gasteiger partial charge is 0.162 e. The van der Waals surface area contributed by atoms with E-state index in [1.54, 1.807) is 23.1 Å². The number of thioether (sulfide) groups is 1. The van der Waals surface area contributed by atoms with Gasteiger partial charge in [0.1, 0.15) is 0 Å². The third-order valence-corrected chi connectivity index (χ3v) is 4.62. The molecule has 3 nitrogen and oxygen atoms in total. The Bertz CT molecular complexity index is 568. The van der Waals surface area contributed by atoms with Crippen LogP contribution in [0.25, 0.3) is 0 Å². The molecule has 2 aromatic rings. The molecule has 5 heteroatoms. The lowest BCUT2D eigenvalue weighted by atomic mass is 10.3. The number of nitrogens with zero attached hydrogens (tertiary/aromatic N) is 1. The Morgan fingerprint density at radius 2 is 2.11 bits per heavy atom. The summed E-state index contributed by atoms with van der Waals surface area (Å²) >= 11 is 3.47. The minimum absolute atomic E-state index is 0.729. The summed E-state index contributed by atoms with van der Waals surface area (Å²) in [5, 5.41) is 3.24. The van der Waals surface area contributed by atoms with E-state index in [4.69, 9.17) is 9.47 Å². The van der Waals surface area contributed by atoms with Gasteiger partial charge in [0.2, 0.25) is 0 Å². The summed E-state index contributed by atoms with van der Waals surface area (Å²) in [5.41, 5.74) is 1.14. The van der Waals surface area contributed by atoms with E-state index in [1.165, 1.54) is 4.90 Å². The Morgan fingerprint density at radius 1 is 1.26 bits per heavy atom. The average molecular weight is 293 g/mol. The van der Waals surface area contributed by atoms with E-state index in [2.05, 4.69) is 22.5 Å². The largest absolute Gasteiger partial charge is 0.490 e. The van der Waals surface area contributed by atoms with Crippen molar-refractivity contribution in [3.8, 4) is 11.5 Å². The Labute approximate surface area is 121 Å². The van der Waals surface area contributed by atoms with E-state index in [-0.39, 0.29) is 0 Å². The summed E-state index contributed by atoms with van der Waals surface area (Å²) in [4.78, 5) is 5.66. The van der Waals surface area contributed by atoms with Gasteiger partial charge in [0.15, 0.2) is 11.5 Å². The average Bonchev–Trinajstić information content (AvgIpc) is 2.70. The van der Waals surface area contributed by atoms with Crippen molar-refractivity contribution >= 4 is 23.1 Å². The zero-order valence-electron chi connectivity index (χ0n) is 10.7. The van der Waals surface area contributed by atoms with Crippen LogP contribution in [0.15, 0.2) is 28.5 Å². The standard InChI is InChI=1S/C14H15NO2S2/c1-10-15-11(8-18-10)9-19-12-3-4-13-14(7-12)17-6-2-5-16-13/h3-4,7-8H,2,5-6,9H2,1H3. The molecule has 19 heavy (non-hydrogen) atoms. The molecule has 0 spiro atoms. The third-order valence-electron chi connectivity index (χ3n) is 2.77. The number of benzene rings is 1. The highest BCUT2D eigenvalue weighted by Gasteiger charge is 2.11. The van der Waals surface area contributed by atoms with Gasteiger partial charge in [-0.2, -0.15) is 0 Å². The van der Waals surface area contributed by atoms with Crippen LogP contribution in [0.1, 0.15) is 17.1 Å². The fraction of sp³-hybridized carbons (Fsp3) is 0.357. The first-order valence-corrected chi connectivity index (χ1v) is 8.11. The molecule has 0 saturated carbocycles. The maximum Gasteiger partial charge on any atom is 0.162 e. The van der Waals surface area contributed by atoms with Crippen LogP contribution in [0.2, 0.25) is 0 Å². The Hall–Kier alpha value is -1.20. The summed E-state index contributed by atoms with van der Waals surface area (Å²) in [6.45, 7) is 3.50. The molecule has 0 radical (unpaired) electrons. The van der Waals surface area contributed by atoms with Gasteiger partial charge in [-0.25, -0.2) is 4.98 Å². The van der Waals surface area contributed by atoms with Crippen LogP contribution < -0.4 is 9.47 Å². The van der Waals surface area contributed by atoms with Crippen LogP contribution in [0.4, 0.5) is 0 Å². The van der Waals surface area contributed by atoms with Crippen LogP contribution in [0.3, 0.4) is 0 Å². The predicted octanol–water partition coefficient (Wildman–Crippen LogP) is 3.91. The molecule has 0 bridgehead atoms. The van der Waals surface area contributed by atoms with Crippen LogP contribution in [0, 0.1) is 6.92 Å². The lowest BCUT2D eigenvalue weighted by molar-refractivity contribution is 0.297. The van der Waals surface area contributed by atoms with Crippen molar-refractivity contribution in [3.63, 3.8) is 0 Å². The molecule has 0 saturated heterocycles. The van der Waals surface area contributed by atoms with Gasteiger partial charge in [0.05, 0.1) is 23.9 Å². The summed E-state index contributed by atoms with van der Waals surface area (Å²) in [7, 11) is 0. The second-order valence-corrected chi connectivity index (χ2v) is 6.42. The first-order valence-electron chi connectivity index (χ1n) is 6.25. The van der Waals surface area contributed by atoms with Crippen molar-refractivity contribution in [1.82, 2.24) is 4.98 Å². The van der Waals surface area contributed by atoms with Crippen molar-refractivity contribution in [1.29, 1.82) is 0 Å². The minimum Gasteiger partial charge on any atom is -0.490 e. The van der Waals surface area contributed by atoms with E-state index in [9.17, 15) is 0 Å². The molecule has 1 aliphatic rings. The zero-order valence-corrected chi connectivity index (χ0v) is 12.4. The van der Waals surface area contributed by atoms with Gasteiger partial charge in [-0.3, -0.25) is 0 Å². The lowest BCUT2D eigenvalue weighted by Gasteiger charge is -2.08. The molecule has 0 aliphatic carbocycles. The molecule has 100 valence electrons. The molecule has 0 fully saturated rings. The van der Waals surface area contributed by atoms with E-state index >= 15 is 0 Å². The summed E-state index contributed by atoms with van der Waals surface area (Å²) in [5.74, 6) is 2.60. The first-order chi connectivity index (χ1) is 9.31. The zero-order chi connectivity index (χ0) is 13.1. The van der Waals surface area contributed by atoms with E-state index in [0.29, 0.717) is 0 Å².